The second-order valence-electron chi connectivity index (χ2n) is 7.28. The maximum atomic E-state index is 12.0. The predicted octanol–water partition coefficient (Wildman–Crippen LogP) is 1.83. The fraction of sp³-hybridized carbons (Fsp3) is 0.722. The van der Waals surface area contributed by atoms with Gasteiger partial charge in [-0.25, -0.2) is 0 Å². The van der Waals surface area contributed by atoms with Crippen LogP contribution in [0.4, 0.5) is 0 Å². The molecule has 1 aromatic heterocycles. The number of aromatic nitrogens is 1. The van der Waals surface area contributed by atoms with Gasteiger partial charge in [-0.1, -0.05) is 19.3 Å². The molecule has 2 aliphatic rings. The Bertz CT molecular complexity index is 486. The number of nitrogens with one attached hydrogen (secondary N) is 2. The van der Waals surface area contributed by atoms with Gasteiger partial charge in [-0.2, -0.15) is 0 Å². The molecule has 0 atom stereocenters. The Balaban J connectivity index is 1.39. The minimum atomic E-state index is -0.470. The Morgan fingerprint density at radius 3 is 2.70 bits per heavy atom. The largest absolute Gasteiger partial charge is 0.389 e. The molecule has 3 rings (SSSR count). The van der Waals surface area contributed by atoms with Crippen LogP contribution in [0.3, 0.4) is 0 Å². The molecule has 1 aliphatic heterocycles. The number of piperidine rings is 1. The molecule has 1 saturated carbocycles. The van der Waals surface area contributed by atoms with Gasteiger partial charge in [0.05, 0.1) is 12.0 Å². The van der Waals surface area contributed by atoms with E-state index in [1.807, 2.05) is 18.3 Å². The Morgan fingerprint density at radius 2 is 2.04 bits per heavy atom. The zero-order chi connectivity index (χ0) is 16.1. The minimum absolute atomic E-state index is 0.0943. The fourth-order valence-electron chi connectivity index (χ4n) is 3.95. The van der Waals surface area contributed by atoms with E-state index in [1.54, 1.807) is 0 Å². The third-order valence-electron chi connectivity index (χ3n) is 5.27. The summed E-state index contributed by atoms with van der Waals surface area (Å²) >= 11 is 0. The second-order valence-corrected chi connectivity index (χ2v) is 7.28. The van der Waals surface area contributed by atoms with Gasteiger partial charge in [0.25, 0.3) is 0 Å². The minimum Gasteiger partial charge on any atom is -0.389 e. The molecule has 1 amide bonds. The summed E-state index contributed by atoms with van der Waals surface area (Å²) in [7, 11) is 0. The van der Waals surface area contributed by atoms with Crippen LogP contribution in [0.1, 0.15) is 50.6 Å². The predicted molar refractivity (Wildman–Crippen MR) is 90.1 cm³/mol. The molecule has 0 bridgehead atoms. The number of aromatic amines is 1. The first kappa shape index (κ1) is 16.5. The standard InChI is InChI=1S/C18H29N3O2/c22-17(13-16-5-4-10-19-16)20-15-6-11-21(12-7-15)14-18(23)8-2-1-3-9-18/h4-5,10,15,19,23H,1-3,6-9,11-14H2,(H,20,22). The number of β-amino-alcohol motifs (C(OH)–C–C–N with tert-alkyl or cyclic N) is 1. The highest BCUT2D eigenvalue weighted by atomic mass is 16.3. The van der Waals surface area contributed by atoms with E-state index in [4.69, 9.17) is 0 Å². The highest BCUT2D eigenvalue weighted by molar-refractivity contribution is 5.78. The van der Waals surface area contributed by atoms with Crippen LogP contribution in [-0.4, -0.2) is 52.2 Å². The normalized spacial score (nSPS) is 22.8. The monoisotopic (exact) mass is 319 g/mol. The molecule has 2 heterocycles. The van der Waals surface area contributed by atoms with E-state index in [0.29, 0.717) is 6.42 Å². The maximum absolute atomic E-state index is 12.0. The van der Waals surface area contributed by atoms with E-state index in [0.717, 1.165) is 63.9 Å². The Morgan fingerprint density at radius 1 is 1.30 bits per heavy atom. The van der Waals surface area contributed by atoms with Crippen molar-refractivity contribution < 1.29 is 9.90 Å². The summed E-state index contributed by atoms with van der Waals surface area (Å²) in [6, 6.07) is 4.12. The molecule has 5 heteroatoms. The summed E-state index contributed by atoms with van der Waals surface area (Å²) in [5.41, 5.74) is 0.488. The van der Waals surface area contributed by atoms with Crippen LogP contribution in [0.15, 0.2) is 18.3 Å². The van der Waals surface area contributed by atoms with Gasteiger partial charge in [0, 0.05) is 37.6 Å². The summed E-state index contributed by atoms with van der Waals surface area (Å²) < 4.78 is 0. The third-order valence-corrected chi connectivity index (χ3v) is 5.27. The first-order valence-corrected chi connectivity index (χ1v) is 8.99. The number of hydrogen-bond acceptors (Lipinski definition) is 3. The van der Waals surface area contributed by atoms with Crippen molar-refractivity contribution in [3.8, 4) is 0 Å². The molecular formula is C18H29N3O2. The van der Waals surface area contributed by atoms with Crippen molar-refractivity contribution in [2.24, 2.45) is 0 Å². The first-order valence-electron chi connectivity index (χ1n) is 8.99. The summed E-state index contributed by atoms with van der Waals surface area (Å²) in [5.74, 6) is 0.0943. The Hall–Kier alpha value is -1.33. The zero-order valence-corrected chi connectivity index (χ0v) is 13.9. The quantitative estimate of drug-likeness (QED) is 0.775. The molecule has 0 aromatic carbocycles. The van der Waals surface area contributed by atoms with Crippen LogP contribution in [-0.2, 0) is 11.2 Å². The molecular weight excluding hydrogens is 290 g/mol. The summed E-state index contributed by atoms with van der Waals surface area (Å²) in [4.78, 5) is 17.5. The molecule has 2 fully saturated rings. The van der Waals surface area contributed by atoms with Crippen molar-refractivity contribution in [2.45, 2.75) is 63.0 Å². The van der Waals surface area contributed by atoms with Gasteiger partial charge in [-0.05, 0) is 37.8 Å². The molecule has 1 saturated heterocycles. The van der Waals surface area contributed by atoms with Crippen molar-refractivity contribution in [2.75, 3.05) is 19.6 Å². The lowest BCUT2D eigenvalue weighted by atomic mass is 9.84. The van der Waals surface area contributed by atoms with E-state index < -0.39 is 5.60 Å². The van der Waals surface area contributed by atoms with Crippen molar-refractivity contribution in [3.05, 3.63) is 24.0 Å². The van der Waals surface area contributed by atoms with E-state index in [-0.39, 0.29) is 11.9 Å². The van der Waals surface area contributed by atoms with Gasteiger partial charge in [-0.3, -0.25) is 4.79 Å². The number of likely N-dealkylation sites (tertiary alicyclic amines) is 1. The molecule has 1 aliphatic carbocycles. The van der Waals surface area contributed by atoms with Gasteiger partial charge < -0.3 is 20.3 Å². The van der Waals surface area contributed by atoms with Crippen molar-refractivity contribution in [1.29, 1.82) is 0 Å². The molecule has 1 aromatic rings. The molecule has 23 heavy (non-hydrogen) atoms. The van der Waals surface area contributed by atoms with E-state index in [9.17, 15) is 9.90 Å². The van der Waals surface area contributed by atoms with E-state index in [1.165, 1.54) is 6.42 Å². The van der Waals surface area contributed by atoms with Crippen molar-refractivity contribution in [1.82, 2.24) is 15.2 Å². The van der Waals surface area contributed by atoms with Gasteiger partial charge in [0.2, 0.25) is 5.91 Å². The van der Waals surface area contributed by atoms with Crippen molar-refractivity contribution in [3.63, 3.8) is 0 Å². The topological polar surface area (TPSA) is 68.4 Å². The molecule has 128 valence electrons. The highest BCUT2D eigenvalue weighted by Crippen LogP contribution is 2.29. The number of carbonyl (C=O) groups is 1. The molecule has 0 radical (unpaired) electrons. The van der Waals surface area contributed by atoms with Gasteiger partial charge in [0.1, 0.15) is 0 Å². The van der Waals surface area contributed by atoms with E-state index in [2.05, 4.69) is 15.2 Å². The lowest BCUT2D eigenvalue weighted by Crippen LogP contribution is -2.50. The van der Waals surface area contributed by atoms with Crippen LogP contribution in [0.5, 0.6) is 0 Å². The van der Waals surface area contributed by atoms with Gasteiger partial charge >= 0.3 is 0 Å². The third kappa shape index (κ3) is 4.82. The second kappa shape index (κ2) is 7.49. The van der Waals surface area contributed by atoms with Crippen LogP contribution < -0.4 is 5.32 Å². The zero-order valence-electron chi connectivity index (χ0n) is 13.9. The lowest BCUT2D eigenvalue weighted by Gasteiger charge is -2.40. The lowest BCUT2D eigenvalue weighted by molar-refractivity contribution is -0.121. The number of H-pyrrole nitrogens is 1. The number of carbonyl (C=O) groups excluding carboxylic acids is 1. The molecule has 0 unspecified atom stereocenters. The average molecular weight is 319 g/mol. The number of hydrogen-bond donors (Lipinski definition) is 3. The first-order chi connectivity index (χ1) is 11.1. The molecule has 0 spiro atoms. The smallest absolute Gasteiger partial charge is 0.226 e. The number of nitrogens with zero attached hydrogens (tertiary/aromatic N) is 1. The van der Waals surface area contributed by atoms with E-state index >= 15 is 0 Å². The van der Waals surface area contributed by atoms with Gasteiger partial charge in [-0.15, -0.1) is 0 Å². The summed E-state index contributed by atoms with van der Waals surface area (Å²) in [5, 5.41) is 13.8. The maximum Gasteiger partial charge on any atom is 0.226 e. The summed E-state index contributed by atoms with van der Waals surface area (Å²) in [6.07, 6.45) is 9.68. The number of aliphatic hydroxyl groups is 1. The van der Waals surface area contributed by atoms with Crippen LogP contribution >= 0.6 is 0 Å². The van der Waals surface area contributed by atoms with Crippen LogP contribution in [0.25, 0.3) is 0 Å². The average Bonchev–Trinajstić information content (AvgIpc) is 3.02. The van der Waals surface area contributed by atoms with Crippen molar-refractivity contribution >= 4 is 5.91 Å². The molecule has 5 nitrogen and oxygen atoms in total. The summed E-state index contributed by atoms with van der Waals surface area (Å²) in [6.45, 7) is 2.74. The number of amides is 1. The molecule has 3 N–H and O–H groups in total. The number of rotatable bonds is 5. The Kier molecular flexibility index (Phi) is 5.38. The SMILES string of the molecule is O=C(Cc1ccc[nH]1)NC1CCN(CC2(O)CCCCC2)CC1. The van der Waals surface area contributed by atoms with Crippen LogP contribution in [0.2, 0.25) is 0 Å². The fourth-order valence-corrected chi connectivity index (χ4v) is 3.95. The Labute approximate surface area is 138 Å². The van der Waals surface area contributed by atoms with Crippen LogP contribution in [0, 0.1) is 0 Å². The van der Waals surface area contributed by atoms with Gasteiger partial charge in [0.15, 0.2) is 0 Å². The highest BCUT2D eigenvalue weighted by Gasteiger charge is 2.32.